The summed E-state index contributed by atoms with van der Waals surface area (Å²) in [6, 6.07) is 7.12. The number of nitrogens with one attached hydrogen (secondary N) is 1. The van der Waals surface area contributed by atoms with Gasteiger partial charge in [0.2, 0.25) is 0 Å². The van der Waals surface area contributed by atoms with Crippen molar-refractivity contribution in [3.8, 4) is 6.07 Å². The van der Waals surface area contributed by atoms with Gasteiger partial charge in [0.1, 0.15) is 0 Å². The lowest BCUT2D eigenvalue weighted by atomic mass is 10.1. The average Bonchev–Trinajstić information content (AvgIpc) is 2.38. The fourth-order valence-corrected chi connectivity index (χ4v) is 1.61. The fraction of sp³-hybridized carbons (Fsp3) is 0.429. The molecular weight excluding hydrogens is 228 g/mol. The van der Waals surface area contributed by atoms with Crippen molar-refractivity contribution in [1.29, 1.82) is 5.26 Å². The maximum atomic E-state index is 11.5. The molecule has 0 bridgehead atoms. The second kappa shape index (κ2) is 7.46. The van der Waals surface area contributed by atoms with Gasteiger partial charge in [0.15, 0.2) is 5.78 Å². The quantitative estimate of drug-likeness (QED) is 0.593. The van der Waals surface area contributed by atoms with Crippen LogP contribution in [0, 0.1) is 11.3 Å². The first-order valence-corrected chi connectivity index (χ1v) is 6.05. The molecule has 0 aliphatic carbocycles. The third kappa shape index (κ3) is 4.19. The minimum Gasteiger partial charge on any atom is -0.384 e. The van der Waals surface area contributed by atoms with Crippen molar-refractivity contribution in [3.05, 3.63) is 29.3 Å². The van der Waals surface area contributed by atoms with Crippen LogP contribution in [-0.2, 0) is 4.74 Å². The van der Waals surface area contributed by atoms with Gasteiger partial charge in [-0.3, -0.25) is 4.79 Å². The Balaban J connectivity index is 2.67. The molecule has 18 heavy (non-hydrogen) atoms. The smallest absolute Gasteiger partial charge is 0.161 e. The minimum absolute atomic E-state index is 0.00759. The van der Waals surface area contributed by atoms with E-state index in [1.165, 1.54) is 6.92 Å². The summed E-state index contributed by atoms with van der Waals surface area (Å²) in [6.45, 7) is 5.60. The average molecular weight is 246 g/mol. The highest BCUT2D eigenvalue weighted by Gasteiger charge is 2.07. The van der Waals surface area contributed by atoms with E-state index in [0.717, 1.165) is 18.7 Å². The number of nitrogens with zero attached hydrogens (tertiary/aromatic N) is 1. The van der Waals surface area contributed by atoms with Gasteiger partial charge < -0.3 is 10.1 Å². The molecule has 0 aliphatic rings. The van der Waals surface area contributed by atoms with E-state index in [9.17, 15) is 4.79 Å². The van der Waals surface area contributed by atoms with Crippen LogP contribution in [0.5, 0.6) is 0 Å². The standard InChI is InChI=1S/C14H18N2O2/c1-3-18-8-4-7-16-14-9-12(10-15)5-6-13(14)11(2)17/h5-6,9,16H,3-4,7-8H2,1-2H3. The second-order valence-corrected chi connectivity index (χ2v) is 3.91. The monoisotopic (exact) mass is 246 g/mol. The third-order valence-electron chi connectivity index (χ3n) is 2.51. The molecule has 0 aromatic heterocycles. The fourth-order valence-electron chi connectivity index (χ4n) is 1.61. The number of Topliss-reactive ketones (excluding diaryl/α,β-unsaturated/α-hetero) is 1. The Morgan fingerprint density at radius 2 is 2.28 bits per heavy atom. The van der Waals surface area contributed by atoms with Gasteiger partial charge in [0, 0.05) is 31.0 Å². The second-order valence-electron chi connectivity index (χ2n) is 3.91. The summed E-state index contributed by atoms with van der Waals surface area (Å²) in [5.41, 5.74) is 1.88. The molecule has 4 nitrogen and oxygen atoms in total. The maximum absolute atomic E-state index is 11.5. The molecule has 0 radical (unpaired) electrons. The maximum Gasteiger partial charge on any atom is 0.161 e. The zero-order chi connectivity index (χ0) is 13.4. The van der Waals surface area contributed by atoms with Gasteiger partial charge in [0.25, 0.3) is 0 Å². The van der Waals surface area contributed by atoms with Crippen LogP contribution in [0.3, 0.4) is 0 Å². The van der Waals surface area contributed by atoms with Crippen LogP contribution in [-0.4, -0.2) is 25.5 Å². The zero-order valence-electron chi connectivity index (χ0n) is 10.8. The van der Waals surface area contributed by atoms with Gasteiger partial charge in [0.05, 0.1) is 11.6 Å². The molecule has 0 fully saturated rings. The van der Waals surface area contributed by atoms with E-state index in [0.29, 0.717) is 24.3 Å². The lowest BCUT2D eigenvalue weighted by molar-refractivity contribution is 0.101. The highest BCUT2D eigenvalue weighted by molar-refractivity contribution is 5.99. The number of carbonyl (C=O) groups is 1. The molecule has 0 amide bonds. The number of ether oxygens (including phenoxy) is 1. The van der Waals surface area contributed by atoms with Crippen LogP contribution in [0.2, 0.25) is 0 Å². The highest BCUT2D eigenvalue weighted by Crippen LogP contribution is 2.18. The Morgan fingerprint density at radius 3 is 2.89 bits per heavy atom. The summed E-state index contributed by atoms with van der Waals surface area (Å²) in [5.74, 6) is -0.00759. The largest absolute Gasteiger partial charge is 0.384 e. The predicted octanol–water partition coefficient (Wildman–Crippen LogP) is 2.60. The molecule has 1 rings (SSSR count). The molecule has 0 atom stereocenters. The SMILES string of the molecule is CCOCCCNc1cc(C#N)ccc1C(C)=O. The van der Waals surface area contributed by atoms with Crippen molar-refractivity contribution in [2.75, 3.05) is 25.1 Å². The third-order valence-corrected chi connectivity index (χ3v) is 2.51. The summed E-state index contributed by atoms with van der Waals surface area (Å²) in [4.78, 5) is 11.5. The number of nitriles is 1. The lowest BCUT2D eigenvalue weighted by Gasteiger charge is -2.10. The van der Waals surface area contributed by atoms with E-state index >= 15 is 0 Å². The summed E-state index contributed by atoms with van der Waals surface area (Å²) in [7, 11) is 0. The Kier molecular flexibility index (Phi) is 5.89. The van der Waals surface area contributed by atoms with Crippen LogP contribution in [0.15, 0.2) is 18.2 Å². The number of benzene rings is 1. The number of hydrogen-bond donors (Lipinski definition) is 1. The molecule has 1 N–H and O–H groups in total. The van der Waals surface area contributed by atoms with Crippen molar-refractivity contribution in [2.24, 2.45) is 0 Å². The molecule has 1 aromatic carbocycles. The van der Waals surface area contributed by atoms with Crippen LogP contribution in [0.4, 0.5) is 5.69 Å². The summed E-state index contributed by atoms with van der Waals surface area (Å²) in [5, 5.41) is 12.0. The van der Waals surface area contributed by atoms with Crippen LogP contribution < -0.4 is 5.32 Å². The number of rotatable bonds is 7. The van der Waals surface area contributed by atoms with E-state index in [-0.39, 0.29) is 5.78 Å². The van der Waals surface area contributed by atoms with Gasteiger partial charge in [-0.05, 0) is 38.5 Å². The first-order valence-electron chi connectivity index (χ1n) is 6.05. The molecule has 0 unspecified atom stereocenters. The Morgan fingerprint density at radius 1 is 1.50 bits per heavy atom. The Hall–Kier alpha value is -1.86. The van der Waals surface area contributed by atoms with Gasteiger partial charge >= 0.3 is 0 Å². The minimum atomic E-state index is -0.00759. The lowest BCUT2D eigenvalue weighted by Crippen LogP contribution is -2.09. The number of ketones is 1. The van der Waals surface area contributed by atoms with Gasteiger partial charge in [-0.2, -0.15) is 5.26 Å². The topological polar surface area (TPSA) is 62.1 Å². The molecule has 0 saturated carbocycles. The molecule has 0 heterocycles. The van der Waals surface area contributed by atoms with E-state index in [1.54, 1.807) is 18.2 Å². The van der Waals surface area contributed by atoms with E-state index in [4.69, 9.17) is 10.00 Å². The van der Waals surface area contributed by atoms with Gasteiger partial charge in [-0.15, -0.1) is 0 Å². The highest BCUT2D eigenvalue weighted by atomic mass is 16.5. The summed E-state index contributed by atoms with van der Waals surface area (Å²) >= 11 is 0. The number of anilines is 1. The normalized spacial score (nSPS) is 9.83. The molecule has 1 aromatic rings. The summed E-state index contributed by atoms with van der Waals surface area (Å²) < 4.78 is 5.23. The molecule has 4 heteroatoms. The van der Waals surface area contributed by atoms with Crippen LogP contribution in [0.1, 0.15) is 36.2 Å². The van der Waals surface area contributed by atoms with Gasteiger partial charge in [-0.1, -0.05) is 0 Å². The van der Waals surface area contributed by atoms with Crippen LogP contribution in [0.25, 0.3) is 0 Å². The predicted molar refractivity (Wildman–Crippen MR) is 70.8 cm³/mol. The first-order chi connectivity index (χ1) is 8.69. The molecule has 0 spiro atoms. The Bertz CT molecular complexity index is 450. The van der Waals surface area contributed by atoms with Crippen molar-refractivity contribution in [1.82, 2.24) is 0 Å². The number of hydrogen-bond acceptors (Lipinski definition) is 4. The van der Waals surface area contributed by atoms with Crippen molar-refractivity contribution in [3.63, 3.8) is 0 Å². The summed E-state index contributed by atoms with van der Waals surface area (Å²) in [6.07, 6.45) is 0.863. The van der Waals surface area contributed by atoms with E-state index in [1.807, 2.05) is 6.92 Å². The number of carbonyl (C=O) groups excluding carboxylic acids is 1. The van der Waals surface area contributed by atoms with Crippen molar-refractivity contribution < 1.29 is 9.53 Å². The van der Waals surface area contributed by atoms with E-state index < -0.39 is 0 Å². The van der Waals surface area contributed by atoms with Crippen molar-refractivity contribution >= 4 is 11.5 Å². The van der Waals surface area contributed by atoms with Crippen LogP contribution >= 0.6 is 0 Å². The molecule has 0 aliphatic heterocycles. The zero-order valence-corrected chi connectivity index (χ0v) is 10.8. The van der Waals surface area contributed by atoms with Crippen molar-refractivity contribution in [2.45, 2.75) is 20.3 Å². The van der Waals surface area contributed by atoms with Gasteiger partial charge in [-0.25, -0.2) is 0 Å². The first kappa shape index (κ1) is 14.2. The van der Waals surface area contributed by atoms with E-state index in [2.05, 4.69) is 11.4 Å². The molecular formula is C14H18N2O2. The molecule has 96 valence electrons. The Labute approximate surface area is 108 Å². The molecule has 0 saturated heterocycles.